The standard InChI is InChI=1S/C9H21N3/c1-11(2)8-9-12-6-3-4-10-5-7-12/h10H,3-9H2,1-2H3. The quantitative estimate of drug-likeness (QED) is 0.637. The van der Waals surface area contributed by atoms with Crippen LogP contribution < -0.4 is 5.32 Å². The van der Waals surface area contributed by atoms with Gasteiger partial charge in [0.05, 0.1) is 0 Å². The van der Waals surface area contributed by atoms with Crippen molar-refractivity contribution >= 4 is 0 Å². The van der Waals surface area contributed by atoms with Crippen LogP contribution in [-0.2, 0) is 0 Å². The van der Waals surface area contributed by atoms with Crippen molar-refractivity contribution in [2.24, 2.45) is 0 Å². The molecule has 1 aliphatic heterocycles. The molecule has 3 heteroatoms. The molecule has 0 radical (unpaired) electrons. The molecule has 72 valence electrons. The zero-order valence-electron chi connectivity index (χ0n) is 8.34. The van der Waals surface area contributed by atoms with Crippen molar-refractivity contribution in [2.75, 3.05) is 53.4 Å². The van der Waals surface area contributed by atoms with Gasteiger partial charge in [-0.25, -0.2) is 0 Å². The van der Waals surface area contributed by atoms with Gasteiger partial charge >= 0.3 is 0 Å². The average molecular weight is 171 g/mol. The summed E-state index contributed by atoms with van der Waals surface area (Å²) in [6.07, 6.45) is 1.30. The van der Waals surface area contributed by atoms with Crippen molar-refractivity contribution in [2.45, 2.75) is 6.42 Å². The number of nitrogens with zero attached hydrogens (tertiary/aromatic N) is 2. The molecule has 0 unspecified atom stereocenters. The van der Waals surface area contributed by atoms with Gasteiger partial charge in [-0.1, -0.05) is 0 Å². The van der Waals surface area contributed by atoms with Gasteiger partial charge in [0.15, 0.2) is 0 Å². The number of nitrogens with one attached hydrogen (secondary N) is 1. The van der Waals surface area contributed by atoms with E-state index in [1.54, 1.807) is 0 Å². The lowest BCUT2D eigenvalue weighted by atomic mass is 10.4. The van der Waals surface area contributed by atoms with E-state index in [0.29, 0.717) is 0 Å². The molecule has 0 amide bonds. The third kappa shape index (κ3) is 4.04. The molecular formula is C9H21N3. The lowest BCUT2D eigenvalue weighted by molar-refractivity contribution is 0.254. The van der Waals surface area contributed by atoms with E-state index < -0.39 is 0 Å². The summed E-state index contributed by atoms with van der Waals surface area (Å²) in [5, 5.41) is 3.41. The highest BCUT2D eigenvalue weighted by molar-refractivity contribution is 4.66. The van der Waals surface area contributed by atoms with Gasteiger partial charge in [-0.3, -0.25) is 0 Å². The largest absolute Gasteiger partial charge is 0.315 e. The van der Waals surface area contributed by atoms with Crippen molar-refractivity contribution in [1.29, 1.82) is 0 Å². The molecule has 1 rings (SSSR count). The van der Waals surface area contributed by atoms with Gasteiger partial charge in [0.25, 0.3) is 0 Å². The third-order valence-electron chi connectivity index (χ3n) is 2.30. The van der Waals surface area contributed by atoms with Crippen LogP contribution in [0.1, 0.15) is 6.42 Å². The highest BCUT2D eigenvalue weighted by Crippen LogP contribution is 1.94. The Morgan fingerprint density at radius 1 is 1.25 bits per heavy atom. The first-order chi connectivity index (χ1) is 5.79. The van der Waals surface area contributed by atoms with Crippen LogP contribution >= 0.6 is 0 Å². The molecule has 0 aromatic rings. The summed E-state index contributed by atoms with van der Waals surface area (Å²) >= 11 is 0. The first-order valence-corrected chi connectivity index (χ1v) is 4.87. The van der Waals surface area contributed by atoms with E-state index in [1.807, 2.05) is 0 Å². The Bertz CT molecular complexity index is 106. The first kappa shape index (κ1) is 9.96. The molecule has 0 aliphatic carbocycles. The van der Waals surface area contributed by atoms with Crippen molar-refractivity contribution in [3.63, 3.8) is 0 Å². The third-order valence-corrected chi connectivity index (χ3v) is 2.30. The zero-order valence-corrected chi connectivity index (χ0v) is 8.34. The molecule has 0 aromatic heterocycles. The van der Waals surface area contributed by atoms with Gasteiger partial charge in [-0.05, 0) is 33.6 Å². The summed E-state index contributed by atoms with van der Waals surface area (Å²) in [5.74, 6) is 0. The number of rotatable bonds is 3. The predicted molar refractivity (Wildman–Crippen MR) is 52.5 cm³/mol. The van der Waals surface area contributed by atoms with E-state index in [-0.39, 0.29) is 0 Å². The highest BCUT2D eigenvalue weighted by atomic mass is 15.2. The molecular weight excluding hydrogens is 150 g/mol. The molecule has 0 spiro atoms. The Hall–Kier alpha value is -0.120. The van der Waals surface area contributed by atoms with E-state index in [4.69, 9.17) is 0 Å². The zero-order chi connectivity index (χ0) is 8.81. The van der Waals surface area contributed by atoms with Crippen LogP contribution in [0.2, 0.25) is 0 Å². The first-order valence-electron chi connectivity index (χ1n) is 4.87. The van der Waals surface area contributed by atoms with Crippen LogP contribution in [0.5, 0.6) is 0 Å². The van der Waals surface area contributed by atoms with Gasteiger partial charge < -0.3 is 15.1 Å². The summed E-state index contributed by atoms with van der Waals surface area (Å²) in [6.45, 7) is 7.23. The van der Waals surface area contributed by atoms with Crippen molar-refractivity contribution < 1.29 is 0 Å². The second-order valence-corrected chi connectivity index (χ2v) is 3.75. The Balaban J connectivity index is 2.12. The maximum atomic E-state index is 3.41. The maximum Gasteiger partial charge on any atom is 0.0110 e. The molecule has 3 nitrogen and oxygen atoms in total. The Kier molecular flexibility index (Phi) is 4.58. The van der Waals surface area contributed by atoms with Gasteiger partial charge in [0.2, 0.25) is 0 Å². The van der Waals surface area contributed by atoms with Crippen LogP contribution in [0.3, 0.4) is 0 Å². The van der Waals surface area contributed by atoms with Crippen LogP contribution in [0, 0.1) is 0 Å². The summed E-state index contributed by atoms with van der Waals surface area (Å²) < 4.78 is 0. The van der Waals surface area contributed by atoms with Gasteiger partial charge in [0, 0.05) is 26.2 Å². The molecule has 1 heterocycles. The highest BCUT2D eigenvalue weighted by Gasteiger charge is 2.07. The Morgan fingerprint density at radius 2 is 2.08 bits per heavy atom. The van der Waals surface area contributed by atoms with E-state index in [2.05, 4.69) is 29.2 Å². The summed E-state index contributed by atoms with van der Waals surface area (Å²) in [5.41, 5.74) is 0. The molecule has 1 saturated heterocycles. The molecule has 12 heavy (non-hydrogen) atoms. The van der Waals surface area contributed by atoms with E-state index in [0.717, 1.165) is 6.54 Å². The number of hydrogen-bond donors (Lipinski definition) is 1. The Labute approximate surface area is 75.7 Å². The molecule has 0 bridgehead atoms. The van der Waals surface area contributed by atoms with Crippen LogP contribution in [0.4, 0.5) is 0 Å². The fourth-order valence-electron chi connectivity index (χ4n) is 1.47. The SMILES string of the molecule is CN(C)CCN1CCCNCC1. The molecule has 1 N–H and O–H groups in total. The van der Waals surface area contributed by atoms with Crippen molar-refractivity contribution in [1.82, 2.24) is 15.1 Å². The van der Waals surface area contributed by atoms with Crippen LogP contribution in [0.15, 0.2) is 0 Å². The minimum Gasteiger partial charge on any atom is -0.315 e. The van der Waals surface area contributed by atoms with E-state index >= 15 is 0 Å². The normalized spacial score (nSPS) is 21.2. The monoisotopic (exact) mass is 171 g/mol. The number of hydrogen-bond acceptors (Lipinski definition) is 3. The summed E-state index contributed by atoms with van der Waals surface area (Å²) in [6, 6.07) is 0. The van der Waals surface area contributed by atoms with Gasteiger partial charge in [0.1, 0.15) is 0 Å². The average Bonchev–Trinajstić information content (AvgIpc) is 2.28. The van der Waals surface area contributed by atoms with Crippen LogP contribution in [-0.4, -0.2) is 63.2 Å². The minimum absolute atomic E-state index is 1.16. The lowest BCUT2D eigenvalue weighted by Gasteiger charge is -2.21. The van der Waals surface area contributed by atoms with E-state index in [1.165, 1.54) is 39.1 Å². The van der Waals surface area contributed by atoms with Crippen molar-refractivity contribution in [3.8, 4) is 0 Å². The predicted octanol–water partition coefficient (Wildman–Crippen LogP) is -0.157. The van der Waals surface area contributed by atoms with Gasteiger partial charge in [-0.2, -0.15) is 0 Å². The topological polar surface area (TPSA) is 18.5 Å². The van der Waals surface area contributed by atoms with Crippen LogP contribution in [0.25, 0.3) is 0 Å². The van der Waals surface area contributed by atoms with Gasteiger partial charge in [-0.15, -0.1) is 0 Å². The van der Waals surface area contributed by atoms with Crippen molar-refractivity contribution in [3.05, 3.63) is 0 Å². The molecule has 0 atom stereocenters. The fraction of sp³-hybridized carbons (Fsp3) is 1.00. The lowest BCUT2D eigenvalue weighted by Crippen LogP contribution is -2.34. The maximum absolute atomic E-state index is 3.41. The second kappa shape index (κ2) is 5.51. The molecule has 0 saturated carbocycles. The second-order valence-electron chi connectivity index (χ2n) is 3.75. The smallest absolute Gasteiger partial charge is 0.0110 e. The van der Waals surface area contributed by atoms with E-state index in [9.17, 15) is 0 Å². The molecule has 1 fully saturated rings. The minimum atomic E-state index is 1.16. The Morgan fingerprint density at radius 3 is 2.83 bits per heavy atom. The summed E-state index contributed by atoms with van der Waals surface area (Å²) in [4.78, 5) is 4.79. The summed E-state index contributed by atoms with van der Waals surface area (Å²) in [7, 11) is 4.27. The fourth-order valence-corrected chi connectivity index (χ4v) is 1.47. The number of likely N-dealkylation sites (N-methyl/N-ethyl adjacent to an activating group) is 1. The molecule has 0 aromatic carbocycles. The molecule has 1 aliphatic rings.